The van der Waals surface area contributed by atoms with Gasteiger partial charge in [-0.15, -0.1) is 0 Å². The number of nitrogens with zero attached hydrogens (tertiary/aromatic N) is 2. The second-order valence-corrected chi connectivity index (χ2v) is 7.83. The largest absolute Gasteiger partial charge is 0.496 e. The Morgan fingerprint density at radius 2 is 1.80 bits per heavy atom. The van der Waals surface area contributed by atoms with E-state index in [4.69, 9.17) is 4.74 Å². The highest BCUT2D eigenvalue weighted by molar-refractivity contribution is 5.78. The third kappa shape index (κ3) is 6.28. The Morgan fingerprint density at radius 3 is 2.47 bits per heavy atom. The van der Waals surface area contributed by atoms with E-state index in [0.717, 1.165) is 38.2 Å². The predicted molar refractivity (Wildman–Crippen MR) is 117 cm³/mol. The molecule has 0 radical (unpaired) electrons. The standard InChI is InChI=1S/C24H32FN3O2/c1-3-19(20-7-5-4-6-8-20)16-26-24(29)18-28-13-11-27(12-14-28)17-21-15-22(25)9-10-23(21)30-2/h4-10,15,19H,3,11-14,16-18H2,1-2H3,(H,26,29)/t19-/m1/s1. The number of nitrogens with one attached hydrogen (secondary N) is 1. The van der Waals surface area contributed by atoms with E-state index < -0.39 is 0 Å². The van der Waals surface area contributed by atoms with Gasteiger partial charge in [0.25, 0.3) is 0 Å². The summed E-state index contributed by atoms with van der Waals surface area (Å²) in [5.41, 5.74) is 2.12. The van der Waals surface area contributed by atoms with E-state index in [-0.39, 0.29) is 11.7 Å². The summed E-state index contributed by atoms with van der Waals surface area (Å²) in [6.07, 6.45) is 0.993. The van der Waals surface area contributed by atoms with Gasteiger partial charge in [0.1, 0.15) is 11.6 Å². The molecule has 1 atom stereocenters. The summed E-state index contributed by atoms with van der Waals surface area (Å²) in [6, 6.07) is 15.0. The number of carbonyl (C=O) groups is 1. The highest BCUT2D eigenvalue weighted by Gasteiger charge is 2.20. The summed E-state index contributed by atoms with van der Waals surface area (Å²) in [6.45, 7) is 7.21. The molecule has 1 fully saturated rings. The fourth-order valence-electron chi connectivity index (χ4n) is 3.94. The highest BCUT2D eigenvalue weighted by atomic mass is 19.1. The topological polar surface area (TPSA) is 44.8 Å². The number of benzene rings is 2. The van der Waals surface area contributed by atoms with Crippen LogP contribution in [0.1, 0.15) is 30.4 Å². The number of hydrogen-bond acceptors (Lipinski definition) is 4. The van der Waals surface area contributed by atoms with Crippen molar-refractivity contribution in [2.45, 2.75) is 25.8 Å². The van der Waals surface area contributed by atoms with Crippen molar-refractivity contribution in [2.75, 3.05) is 46.4 Å². The first-order chi connectivity index (χ1) is 14.6. The number of hydrogen-bond donors (Lipinski definition) is 1. The zero-order valence-corrected chi connectivity index (χ0v) is 17.9. The van der Waals surface area contributed by atoms with E-state index in [2.05, 4.69) is 34.2 Å². The number of halogens is 1. The Labute approximate surface area is 178 Å². The maximum atomic E-state index is 13.6. The molecule has 6 heteroatoms. The van der Waals surface area contributed by atoms with Gasteiger partial charge >= 0.3 is 0 Å². The molecule has 30 heavy (non-hydrogen) atoms. The summed E-state index contributed by atoms with van der Waals surface area (Å²) in [7, 11) is 1.61. The van der Waals surface area contributed by atoms with Crippen LogP contribution in [0.5, 0.6) is 5.75 Å². The van der Waals surface area contributed by atoms with E-state index in [1.165, 1.54) is 17.7 Å². The normalized spacial score (nSPS) is 16.2. The molecule has 0 saturated carbocycles. The van der Waals surface area contributed by atoms with Gasteiger partial charge in [-0.2, -0.15) is 0 Å². The van der Waals surface area contributed by atoms with Crippen molar-refractivity contribution in [1.82, 2.24) is 15.1 Å². The number of ether oxygens (including phenoxy) is 1. The van der Waals surface area contributed by atoms with Gasteiger partial charge < -0.3 is 10.1 Å². The van der Waals surface area contributed by atoms with Gasteiger partial charge in [0.15, 0.2) is 0 Å². The highest BCUT2D eigenvalue weighted by Crippen LogP contribution is 2.22. The number of carbonyl (C=O) groups excluding carboxylic acids is 1. The van der Waals surface area contributed by atoms with Crippen molar-refractivity contribution in [2.24, 2.45) is 0 Å². The van der Waals surface area contributed by atoms with Crippen LogP contribution in [0.2, 0.25) is 0 Å². The number of methoxy groups -OCH3 is 1. The third-order valence-electron chi connectivity index (χ3n) is 5.78. The molecule has 0 aliphatic carbocycles. The summed E-state index contributed by atoms with van der Waals surface area (Å²) in [5.74, 6) is 0.877. The second-order valence-electron chi connectivity index (χ2n) is 7.83. The molecule has 0 bridgehead atoms. The molecule has 2 aromatic rings. The van der Waals surface area contributed by atoms with Crippen molar-refractivity contribution >= 4 is 5.91 Å². The van der Waals surface area contributed by atoms with Crippen LogP contribution in [-0.4, -0.2) is 62.1 Å². The van der Waals surface area contributed by atoms with Crippen molar-refractivity contribution in [3.63, 3.8) is 0 Å². The molecule has 162 valence electrons. The molecule has 3 rings (SSSR count). The molecule has 2 aromatic carbocycles. The molecular formula is C24H32FN3O2. The van der Waals surface area contributed by atoms with E-state index in [1.54, 1.807) is 13.2 Å². The molecule has 1 N–H and O–H groups in total. The van der Waals surface area contributed by atoms with Crippen LogP contribution >= 0.6 is 0 Å². The molecule has 1 amide bonds. The lowest BCUT2D eigenvalue weighted by molar-refractivity contribution is -0.122. The third-order valence-corrected chi connectivity index (χ3v) is 5.78. The first kappa shape index (κ1) is 22.2. The lowest BCUT2D eigenvalue weighted by Crippen LogP contribution is -2.49. The summed E-state index contributed by atoms with van der Waals surface area (Å²) >= 11 is 0. The average molecular weight is 414 g/mol. The van der Waals surface area contributed by atoms with E-state index >= 15 is 0 Å². The van der Waals surface area contributed by atoms with Crippen LogP contribution in [0.4, 0.5) is 4.39 Å². The molecule has 1 saturated heterocycles. The first-order valence-corrected chi connectivity index (χ1v) is 10.7. The summed E-state index contributed by atoms with van der Waals surface area (Å²) in [4.78, 5) is 16.9. The van der Waals surface area contributed by atoms with Gasteiger partial charge in [-0.1, -0.05) is 37.3 Å². The molecular weight excluding hydrogens is 381 g/mol. The minimum atomic E-state index is -0.248. The first-order valence-electron chi connectivity index (χ1n) is 10.7. The SMILES string of the molecule is CC[C@H](CNC(=O)CN1CCN(Cc2cc(F)ccc2OC)CC1)c1ccccc1. The lowest BCUT2D eigenvalue weighted by atomic mass is 9.96. The number of piperazine rings is 1. The molecule has 0 aromatic heterocycles. The minimum absolute atomic E-state index is 0.0737. The Hall–Kier alpha value is -2.44. The van der Waals surface area contributed by atoms with Crippen LogP contribution < -0.4 is 10.1 Å². The predicted octanol–water partition coefficient (Wildman–Crippen LogP) is 3.26. The van der Waals surface area contributed by atoms with Crippen LogP contribution in [0.25, 0.3) is 0 Å². The van der Waals surface area contributed by atoms with Gasteiger partial charge in [-0.3, -0.25) is 14.6 Å². The lowest BCUT2D eigenvalue weighted by Gasteiger charge is -2.34. The average Bonchev–Trinajstić information content (AvgIpc) is 2.76. The van der Waals surface area contributed by atoms with Crippen molar-refractivity contribution in [3.05, 3.63) is 65.5 Å². The maximum absolute atomic E-state index is 13.6. The Balaban J connectivity index is 1.42. The smallest absolute Gasteiger partial charge is 0.234 e. The van der Waals surface area contributed by atoms with Gasteiger partial charge in [0.05, 0.1) is 13.7 Å². The van der Waals surface area contributed by atoms with E-state index in [1.807, 2.05) is 18.2 Å². The maximum Gasteiger partial charge on any atom is 0.234 e. The minimum Gasteiger partial charge on any atom is -0.496 e. The quantitative estimate of drug-likeness (QED) is 0.685. The van der Waals surface area contributed by atoms with Gasteiger partial charge in [0, 0.05) is 50.7 Å². The zero-order valence-electron chi connectivity index (χ0n) is 17.9. The van der Waals surface area contributed by atoms with Crippen molar-refractivity contribution in [1.29, 1.82) is 0 Å². The monoisotopic (exact) mass is 413 g/mol. The van der Waals surface area contributed by atoms with Crippen molar-refractivity contribution < 1.29 is 13.9 Å². The summed E-state index contributed by atoms with van der Waals surface area (Å²) in [5, 5.41) is 3.10. The zero-order chi connectivity index (χ0) is 21.3. The van der Waals surface area contributed by atoms with Crippen molar-refractivity contribution in [3.8, 4) is 5.75 Å². The molecule has 0 spiro atoms. The van der Waals surface area contributed by atoms with Crippen LogP contribution in [0.15, 0.2) is 48.5 Å². The second kappa shape index (κ2) is 11.1. The number of rotatable bonds is 9. The number of amides is 1. The Morgan fingerprint density at radius 1 is 1.10 bits per heavy atom. The Kier molecular flexibility index (Phi) is 8.22. The van der Waals surface area contributed by atoms with Crippen LogP contribution in [0, 0.1) is 5.82 Å². The van der Waals surface area contributed by atoms with Crippen LogP contribution in [0.3, 0.4) is 0 Å². The van der Waals surface area contributed by atoms with E-state index in [0.29, 0.717) is 31.3 Å². The van der Waals surface area contributed by atoms with E-state index in [9.17, 15) is 9.18 Å². The van der Waals surface area contributed by atoms with Gasteiger partial charge in [-0.25, -0.2) is 4.39 Å². The Bertz CT molecular complexity index is 807. The fraction of sp³-hybridized carbons (Fsp3) is 0.458. The molecule has 1 aliphatic rings. The van der Waals surface area contributed by atoms with Gasteiger partial charge in [0.2, 0.25) is 5.91 Å². The summed E-state index contributed by atoms with van der Waals surface area (Å²) < 4.78 is 18.9. The molecule has 0 unspecified atom stereocenters. The molecule has 1 aliphatic heterocycles. The molecule has 1 heterocycles. The van der Waals surface area contributed by atoms with Gasteiger partial charge in [-0.05, 0) is 30.2 Å². The molecule has 5 nitrogen and oxygen atoms in total. The fourth-order valence-corrected chi connectivity index (χ4v) is 3.94. The van der Waals surface area contributed by atoms with Crippen LogP contribution in [-0.2, 0) is 11.3 Å².